The monoisotopic (exact) mass is 443 g/mol. The molecule has 0 saturated carbocycles. The van der Waals surface area contributed by atoms with Gasteiger partial charge in [0.1, 0.15) is 11.6 Å². The minimum Gasteiger partial charge on any atom is -0.489 e. The van der Waals surface area contributed by atoms with Crippen LogP contribution in [0.5, 0.6) is 5.75 Å². The Kier molecular flexibility index (Phi) is 5.65. The zero-order valence-corrected chi connectivity index (χ0v) is 17.5. The van der Waals surface area contributed by atoms with Crippen LogP contribution in [0.2, 0.25) is 5.02 Å². The predicted octanol–water partition coefficient (Wildman–Crippen LogP) is 5.48. The van der Waals surface area contributed by atoms with E-state index in [-0.39, 0.29) is 29.8 Å². The second-order valence-corrected chi connectivity index (χ2v) is 7.69. The van der Waals surface area contributed by atoms with Crippen molar-refractivity contribution in [3.63, 3.8) is 0 Å². The molecule has 31 heavy (non-hydrogen) atoms. The maximum atomic E-state index is 14.7. The number of benzene rings is 2. The fourth-order valence-electron chi connectivity index (χ4n) is 3.32. The van der Waals surface area contributed by atoms with Crippen LogP contribution in [0.15, 0.2) is 41.1 Å². The number of aryl methyl sites for hydroxylation is 1. The van der Waals surface area contributed by atoms with Gasteiger partial charge in [-0.25, -0.2) is 4.39 Å². The third-order valence-electron chi connectivity index (χ3n) is 4.69. The molecule has 0 saturated heterocycles. The first-order valence-corrected chi connectivity index (χ1v) is 10.0. The summed E-state index contributed by atoms with van der Waals surface area (Å²) in [7, 11) is 0. The van der Waals surface area contributed by atoms with Gasteiger partial charge in [0.25, 0.3) is 5.89 Å². The van der Waals surface area contributed by atoms with Gasteiger partial charge in [0.05, 0.1) is 22.2 Å². The molecule has 2 aromatic heterocycles. The van der Waals surface area contributed by atoms with E-state index in [2.05, 4.69) is 15.1 Å². The third-order valence-corrected chi connectivity index (χ3v) is 4.99. The lowest BCUT2D eigenvalue weighted by molar-refractivity contribution is -0.136. The Balaban J connectivity index is 1.70. The number of rotatable bonds is 7. The Labute approximate surface area is 181 Å². The number of H-pyrrole nitrogens is 1. The standard InChI is InChI=1S/C22H19ClFN3O4/c1-11(2)30-17-7-3-12(9-15(17)23)22-26-21(27-31-22)19-16(24)6-5-14-13(4-8-18(28)29)10-25-20(14)19/h3,5-7,9-11,25H,4,8H2,1-2H3,(H,28,29). The first kappa shape index (κ1) is 20.9. The number of hydrogen-bond donors (Lipinski definition) is 2. The van der Waals surface area contributed by atoms with Crippen LogP contribution in [-0.4, -0.2) is 32.3 Å². The summed E-state index contributed by atoms with van der Waals surface area (Å²) in [5.41, 5.74) is 1.97. The molecule has 0 aliphatic rings. The average Bonchev–Trinajstić information content (AvgIpc) is 3.35. The molecule has 160 valence electrons. The molecule has 4 rings (SSSR count). The molecule has 0 aliphatic carbocycles. The number of aliphatic carboxylic acids is 1. The van der Waals surface area contributed by atoms with Crippen molar-refractivity contribution in [1.82, 2.24) is 15.1 Å². The quantitative estimate of drug-likeness (QED) is 0.392. The van der Waals surface area contributed by atoms with E-state index in [0.29, 0.717) is 33.7 Å². The second kappa shape index (κ2) is 8.39. The van der Waals surface area contributed by atoms with Crippen molar-refractivity contribution >= 4 is 28.5 Å². The highest BCUT2D eigenvalue weighted by Gasteiger charge is 2.20. The van der Waals surface area contributed by atoms with Crippen molar-refractivity contribution in [2.75, 3.05) is 0 Å². The van der Waals surface area contributed by atoms with E-state index >= 15 is 0 Å². The first-order chi connectivity index (χ1) is 14.8. The van der Waals surface area contributed by atoms with Crippen LogP contribution in [0.4, 0.5) is 4.39 Å². The minimum absolute atomic E-state index is 0.0245. The number of carboxylic acids is 1. The number of fused-ring (bicyclic) bond motifs is 1. The number of hydrogen-bond acceptors (Lipinski definition) is 5. The molecular formula is C22H19ClFN3O4. The fraction of sp³-hybridized carbons (Fsp3) is 0.227. The molecule has 0 spiro atoms. The number of nitrogens with zero attached hydrogens (tertiary/aromatic N) is 2. The van der Waals surface area contributed by atoms with Crippen LogP contribution in [0.25, 0.3) is 33.7 Å². The highest BCUT2D eigenvalue weighted by Crippen LogP contribution is 2.34. The Bertz CT molecular complexity index is 1270. The SMILES string of the molecule is CC(C)Oc1ccc(-c2nc(-c3c(F)ccc4c(CCC(=O)O)c[nH]c34)no2)cc1Cl. The number of carboxylic acid groups (broad SMARTS) is 1. The summed E-state index contributed by atoms with van der Waals surface area (Å²) in [6.45, 7) is 3.80. The topological polar surface area (TPSA) is 101 Å². The molecule has 0 atom stereocenters. The van der Waals surface area contributed by atoms with E-state index in [4.69, 9.17) is 26.0 Å². The number of aromatic nitrogens is 3. The lowest BCUT2D eigenvalue weighted by Crippen LogP contribution is -2.05. The van der Waals surface area contributed by atoms with Gasteiger partial charge in [-0.15, -0.1) is 0 Å². The van der Waals surface area contributed by atoms with Crippen molar-refractivity contribution < 1.29 is 23.6 Å². The van der Waals surface area contributed by atoms with E-state index in [1.807, 2.05) is 13.8 Å². The van der Waals surface area contributed by atoms with Crippen molar-refractivity contribution in [2.24, 2.45) is 0 Å². The van der Waals surface area contributed by atoms with Gasteiger partial charge in [-0.3, -0.25) is 4.79 Å². The summed E-state index contributed by atoms with van der Waals surface area (Å²) in [6.07, 6.45) is 1.94. The molecule has 0 aliphatic heterocycles. The predicted molar refractivity (Wildman–Crippen MR) is 114 cm³/mol. The Morgan fingerprint density at radius 2 is 2.13 bits per heavy atom. The molecule has 2 heterocycles. The number of nitrogens with one attached hydrogen (secondary N) is 1. The lowest BCUT2D eigenvalue weighted by Gasteiger charge is -2.11. The van der Waals surface area contributed by atoms with Crippen LogP contribution < -0.4 is 4.74 Å². The van der Waals surface area contributed by atoms with Crippen LogP contribution in [0.3, 0.4) is 0 Å². The summed E-state index contributed by atoms with van der Waals surface area (Å²) in [5.74, 6) is -0.630. The van der Waals surface area contributed by atoms with Gasteiger partial charge in [-0.1, -0.05) is 16.8 Å². The van der Waals surface area contributed by atoms with Crippen LogP contribution in [0, 0.1) is 5.82 Å². The van der Waals surface area contributed by atoms with E-state index in [1.165, 1.54) is 6.07 Å². The van der Waals surface area contributed by atoms with Gasteiger partial charge in [-0.05, 0) is 56.2 Å². The van der Waals surface area contributed by atoms with Gasteiger partial charge in [0.2, 0.25) is 5.82 Å². The molecule has 9 heteroatoms. The van der Waals surface area contributed by atoms with Crippen LogP contribution in [0.1, 0.15) is 25.8 Å². The van der Waals surface area contributed by atoms with Crippen molar-refractivity contribution in [2.45, 2.75) is 32.8 Å². The second-order valence-electron chi connectivity index (χ2n) is 7.29. The molecule has 7 nitrogen and oxygen atoms in total. The summed E-state index contributed by atoms with van der Waals surface area (Å²) in [6, 6.07) is 8.00. The van der Waals surface area contributed by atoms with E-state index in [9.17, 15) is 9.18 Å². The van der Waals surface area contributed by atoms with Crippen molar-refractivity contribution in [1.29, 1.82) is 0 Å². The smallest absolute Gasteiger partial charge is 0.303 e. The number of ether oxygens (including phenoxy) is 1. The molecule has 0 radical (unpaired) electrons. The zero-order chi connectivity index (χ0) is 22.1. The summed E-state index contributed by atoms with van der Waals surface area (Å²) >= 11 is 6.28. The van der Waals surface area contributed by atoms with Gasteiger partial charge in [-0.2, -0.15) is 4.98 Å². The number of aromatic amines is 1. The highest BCUT2D eigenvalue weighted by atomic mass is 35.5. The summed E-state index contributed by atoms with van der Waals surface area (Å²) in [4.78, 5) is 18.2. The maximum absolute atomic E-state index is 14.7. The maximum Gasteiger partial charge on any atom is 0.303 e. The Morgan fingerprint density at radius 1 is 1.32 bits per heavy atom. The zero-order valence-electron chi connectivity index (χ0n) is 16.8. The molecule has 0 unspecified atom stereocenters. The molecule has 0 fully saturated rings. The lowest BCUT2D eigenvalue weighted by atomic mass is 10.0. The Morgan fingerprint density at radius 3 is 2.84 bits per heavy atom. The normalized spacial score (nSPS) is 11.4. The average molecular weight is 444 g/mol. The fourth-order valence-corrected chi connectivity index (χ4v) is 3.55. The Hall–Kier alpha value is -3.39. The minimum atomic E-state index is -0.900. The van der Waals surface area contributed by atoms with Crippen LogP contribution in [-0.2, 0) is 11.2 Å². The first-order valence-electron chi connectivity index (χ1n) is 9.64. The van der Waals surface area contributed by atoms with E-state index < -0.39 is 11.8 Å². The van der Waals surface area contributed by atoms with Gasteiger partial charge in [0, 0.05) is 23.6 Å². The molecule has 2 aromatic carbocycles. The largest absolute Gasteiger partial charge is 0.489 e. The highest BCUT2D eigenvalue weighted by molar-refractivity contribution is 6.32. The molecule has 4 aromatic rings. The van der Waals surface area contributed by atoms with Gasteiger partial charge >= 0.3 is 5.97 Å². The van der Waals surface area contributed by atoms with Gasteiger partial charge < -0.3 is 19.4 Å². The van der Waals surface area contributed by atoms with Crippen LogP contribution >= 0.6 is 11.6 Å². The van der Waals surface area contributed by atoms with Gasteiger partial charge in [0.15, 0.2) is 0 Å². The summed E-state index contributed by atoms with van der Waals surface area (Å²) in [5, 5.41) is 14.0. The summed E-state index contributed by atoms with van der Waals surface area (Å²) < 4.78 is 25.7. The number of halogens is 2. The number of carbonyl (C=O) groups is 1. The van der Waals surface area contributed by atoms with Crippen molar-refractivity contribution in [3.05, 3.63) is 52.9 Å². The third kappa shape index (κ3) is 4.25. The molecule has 0 bridgehead atoms. The molecule has 2 N–H and O–H groups in total. The molecular weight excluding hydrogens is 425 g/mol. The van der Waals surface area contributed by atoms with E-state index in [0.717, 1.165) is 5.56 Å². The van der Waals surface area contributed by atoms with Crippen molar-refractivity contribution in [3.8, 4) is 28.6 Å². The van der Waals surface area contributed by atoms with E-state index in [1.54, 1.807) is 30.5 Å². The molecule has 0 amide bonds.